The van der Waals surface area contributed by atoms with Gasteiger partial charge in [-0.1, -0.05) is 64.1 Å². The highest BCUT2D eigenvalue weighted by Crippen LogP contribution is 2.42. The Morgan fingerprint density at radius 2 is 1.67 bits per heavy atom. The number of nitrogens with zero attached hydrogens (tertiary/aromatic N) is 2. The molecule has 3 heterocycles. The second kappa shape index (κ2) is 7.85. The Morgan fingerprint density at radius 3 is 2.48 bits per heavy atom. The van der Waals surface area contributed by atoms with Gasteiger partial charge < -0.3 is 0 Å². The van der Waals surface area contributed by atoms with Crippen molar-refractivity contribution in [3.63, 3.8) is 0 Å². The molecule has 3 heteroatoms. The standard InChI is InChI=1S/C30H31N2S/c1-19(2)15-22-17-27-28(24-11-7-8-12-26(24)33-27)25(16-20(3)4)29(22)32-14-13-31-18-21-9-5-6-10-23(21)30(31)32/h5-14,17,19-20H,15-16,18H2,1-4H3/q+1. The Bertz CT molecular complexity index is 1500. The van der Waals surface area contributed by atoms with Crippen molar-refractivity contribution in [3.05, 3.63) is 83.7 Å². The van der Waals surface area contributed by atoms with Gasteiger partial charge in [0.05, 0.1) is 5.56 Å². The molecule has 0 saturated carbocycles. The molecule has 0 N–H and O–H groups in total. The van der Waals surface area contributed by atoms with Crippen molar-refractivity contribution in [1.82, 2.24) is 4.57 Å². The molecule has 0 amide bonds. The highest BCUT2D eigenvalue weighted by molar-refractivity contribution is 7.25. The van der Waals surface area contributed by atoms with E-state index in [2.05, 4.69) is 104 Å². The zero-order valence-corrected chi connectivity index (χ0v) is 20.7. The van der Waals surface area contributed by atoms with Gasteiger partial charge in [0.25, 0.3) is 5.82 Å². The average molecular weight is 452 g/mol. The molecule has 5 aromatic rings. The maximum Gasteiger partial charge on any atom is 0.294 e. The van der Waals surface area contributed by atoms with Crippen molar-refractivity contribution in [3.8, 4) is 17.1 Å². The summed E-state index contributed by atoms with van der Waals surface area (Å²) >= 11 is 1.95. The van der Waals surface area contributed by atoms with E-state index in [9.17, 15) is 0 Å². The van der Waals surface area contributed by atoms with Gasteiger partial charge >= 0.3 is 0 Å². The molecule has 0 atom stereocenters. The molecule has 2 aromatic heterocycles. The number of fused-ring (bicyclic) bond motifs is 6. The van der Waals surface area contributed by atoms with Crippen LogP contribution in [0.15, 0.2) is 67.0 Å². The van der Waals surface area contributed by atoms with E-state index in [0.29, 0.717) is 11.8 Å². The molecule has 0 bridgehead atoms. The normalized spacial score (nSPS) is 12.9. The van der Waals surface area contributed by atoms with Gasteiger partial charge in [-0.25, -0.2) is 4.57 Å². The summed E-state index contributed by atoms with van der Waals surface area (Å²) in [5, 5.41) is 2.87. The minimum atomic E-state index is 0.587. The Kier molecular flexibility index (Phi) is 4.92. The fourth-order valence-electron chi connectivity index (χ4n) is 5.60. The van der Waals surface area contributed by atoms with Crippen LogP contribution in [0.25, 0.3) is 37.2 Å². The fourth-order valence-corrected chi connectivity index (χ4v) is 6.80. The summed E-state index contributed by atoms with van der Waals surface area (Å²) < 4.78 is 7.75. The summed E-state index contributed by atoms with van der Waals surface area (Å²) in [6.07, 6.45) is 6.74. The molecular formula is C30H31N2S+. The topological polar surface area (TPSA) is 8.81 Å². The molecule has 1 aliphatic heterocycles. The second-order valence-corrected chi connectivity index (χ2v) is 11.4. The third kappa shape index (κ3) is 3.33. The highest BCUT2D eigenvalue weighted by Gasteiger charge is 2.33. The minimum Gasteiger partial charge on any atom is -0.225 e. The summed E-state index contributed by atoms with van der Waals surface area (Å²) in [5.74, 6) is 2.51. The molecule has 0 fully saturated rings. The predicted molar refractivity (Wildman–Crippen MR) is 140 cm³/mol. The van der Waals surface area contributed by atoms with E-state index < -0.39 is 0 Å². The smallest absolute Gasteiger partial charge is 0.225 e. The van der Waals surface area contributed by atoms with E-state index in [1.165, 1.54) is 53.9 Å². The molecule has 0 spiro atoms. The second-order valence-electron chi connectivity index (χ2n) is 10.3. The van der Waals surface area contributed by atoms with Crippen LogP contribution >= 0.6 is 11.3 Å². The van der Waals surface area contributed by atoms with Crippen LogP contribution in [0.4, 0.5) is 0 Å². The number of hydrogen-bond acceptors (Lipinski definition) is 1. The first-order valence-corrected chi connectivity index (χ1v) is 13.0. The number of hydrogen-bond donors (Lipinski definition) is 0. The van der Waals surface area contributed by atoms with Crippen LogP contribution in [0.1, 0.15) is 44.4 Å². The Balaban J connectivity index is 1.73. The van der Waals surface area contributed by atoms with E-state index in [0.717, 1.165) is 19.4 Å². The monoisotopic (exact) mass is 451 g/mol. The summed E-state index contributed by atoms with van der Waals surface area (Å²) in [5.41, 5.74) is 7.18. The van der Waals surface area contributed by atoms with Crippen molar-refractivity contribution in [1.29, 1.82) is 0 Å². The van der Waals surface area contributed by atoms with E-state index >= 15 is 0 Å². The molecule has 2 nitrogen and oxygen atoms in total. The summed E-state index contributed by atoms with van der Waals surface area (Å²) in [6, 6.07) is 20.3. The zero-order valence-electron chi connectivity index (χ0n) is 19.9. The lowest BCUT2D eigenvalue weighted by molar-refractivity contribution is -0.671. The van der Waals surface area contributed by atoms with E-state index in [-0.39, 0.29) is 0 Å². The third-order valence-electron chi connectivity index (χ3n) is 6.80. The lowest BCUT2D eigenvalue weighted by atomic mass is 9.90. The molecule has 0 saturated heterocycles. The van der Waals surface area contributed by atoms with Gasteiger partial charge in [0.2, 0.25) is 0 Å². The number of imidazole rings is 1. The molecule has 166 valence electrons. The third-order valence-corrected chi connectivity index (χ3v) is 7.91. The molecule has 0 aliphatic carbocycles. The molecule has 33 heavy (non-hydrogen) atoms. The SMILES string of the molecule is CC(C)Cc1cc2sc3ccccc3c2c(CC(C)C)c1-n1cc[n+]2c1-c1ccccc1C2. The Labute approximate surface area is 200 Å². The quantitative estimate of drug-likeness (QED) is 0.239. The molecule has 0 unspecified atom stereocenters. The van der Waals surface area contributed by atoms with Crippen LogP contribution in [-0.2, 0) is 19.4 Å². The van der Waals surface area contributed by atoms with Gasteiger partial charge in [0.1, 0.15) is 24.6 Å². The molecule has 0 radical (unpaired) electrons. The average Bonchev–Trinajstić information content (AvgIpc) is 3.44. The van der Waals surface area contributed by atoms with Crippen LogP contribution in [0.3, 0.4) is 0 Å². The lowest BCUT2D eigenvalue weighted by Gasteiger charge is -2.18. The number of aromatic nitrogens is 2. The fraction of sp³-hybridized carbons (Fsp3) is 0.300. The van der Waals surface area contributed by atoms with E-state index in [1.54, 1.807) is 0 Å². The largest absolute Gasteiger partial charge is 0.294 e. The number of thiophene rings is 1. The van der Waals surface area contributed by atoms with Gasteiger partial charge in [-0.05, 0) is 42.9 Å². The predicted octanol–water partition coefficient (Wildman–Crippen LogP) is 7.56. The first-order chi connectivity index (χ1) is 16.0. The van der Waals surface area contributed by atoms with Gasteiger partial charge in [-0.15, -0.1) is 11.3 Å². The first kappa shape index (κ1) is 20.7. The van der Waals surface area contributed by atoms with Crippen LogP contribution in [0.2, 0.25) is 0 Å². The van der Waals surface area contributed by atoms with Gasteiger partial charge in [0.15, 0.2) is 0 Å². The highest BCUT2D eigenvalue weighted by atomic mass is 32.1. The maximum atomic E-state index is 2.51. The lowest BCUT2D eigenvalue weighted by Crippen LogP contribution is -2.30. The first-order valence-electron chi connectivity index (χ1n) is 12.2. The molecular weight excluding hydrogens is 420 g/mol. The van der Waals surface area contributed by atoms with Crippen molar-refractivity contribution >= 4 is 31.5 Å². The molecule has 6 rings (SSSR count). The minimum absolute atomic E-state index is 0.587. The van der Waals surface area contributed by atoms with Gasteiger partial charge in [-0.3, -0.25) is 0 Å². The molecule has 3 aromatic carbocycles. The van der Waals surface area contributed by atoms with E-state index in [4.69, 9.17) is 0 Å². The Morgan fingerprint density at radius 1 is 0.909 bits per heavy atom. The maximum absolute atomic E-state index is 2.51. The number of benzene rings is 3. The van der Waals surface area contributed by atoms with Crippen LogP contribution < -0.4 is 4.57 Å². The van der Waals surface area contributed by atoms with Gasteiger partial charge in [-0.2, -0.15) is 4.57 Å². The van der Waals surface area contributed by atoms with Crippen molar-refractivity contribution in [2.45, 2.75) is 47.1 Å². The summed E-state index contributed by atoms with van der Waals surface area (Å²) in [4.78, 5) is 0. The number of rotatable bonds is 5. The zero-order chi connectivity index (χ0) is 22.7. The summed E-state index contributed by atoms with van der Waals surface area (Å²) in [6.45, 7) is 10.3. The molecule has 1 aliphatic rings. The van der Waals surface area contributed by atoms with E-state index in [1.807, 2.05) is 11.3 Å². The van der Waals surface area contributed by atoms with Crippen LogP contribution in [0, 0.1) is 11.8 Å². The van der Waals surface area contributed by atoms with Crippen molar-refractivity contribution < 1.29 is 4.57 Å². The van der Waals surface area contributed by atoms with Crippen LogP contribution in [0.5, 0.6) is 0 Å². The van der Waals surface area contributed by atoms with Crippen molar-refractivity contribution in [2.75, 3.05) is 0 Å². The van der Waals surface area contributed by atoms with Crippen molar-refractivity contribution in [2.24, 2.45) is 11.8 Å². The van der Waals surface area contributed by atoms with Crippen LogP contribution in [-0.4, -0.2) is 4.57 Å². The van der Waals surface area contributed by atoms with Gasteiger partial charge in [0, 0.05) is 36.9 Å². The Hall–Kier alpha value is -2.91. The summed E-state index contributed by atoms with van der Waals surface area (Å²) in [7, 11) is 0.